The number of rotatable bonds is 12. The topological polar surface area (TPSA) is 52.6 Å². The SMILES string of the molecule is CCCCC(CC)COC(=O)CCSc1cc(CC)cc(C(=O)OC(C)(C)C)c1. The van der Waals surface area contributed by atoms with Gasteiger partial charge in [0, 0.05) is 10.6 Å². The summed E-state index contributed by atoms with van der Waals surface area (Å²) in [6.45, 7) is 12.5. The molecule has 0 aliphatic carbocycles. The van der Waals surface area contributed by atoms with E-state index in [1.165, 1.54) is 12.8 Å². The number of benzene rings is 1. The van der Waals surface area contributed by atoms with Gasteiger partial charge in [0.15, 0.2) is 0 Å². The number of aryl methyl sites for hydroxylation is 1. The molecule has 1 unspecified atom stereocenters. The number of carbonyl (C=O) groups excluding carboxylic acids is 2. The number of esters is 2. The second kappa shape index (κ2) is 12.9. The number of thioether (sulfide) groups is 1. The third-order valence-electron chi connectivity index (χ3n) is 4.61. The molecular weight excluding hydrogens is 384 g/mol. The zero-order valence-electron chi connectivity index (χ0n) is 19.0. The molecule has 0 aliphatic rings. The van der Waals surface area contributed by atoms with Crippen LogP contribution in [-0.4, -0.2) is 29.9 Å². The van der Waals surface area contributed by atoms with E-state index in [0.29, 0.717) is 30.3 Å². The summed E-state index contributed by atoms with van der Waals surface area (Å²) in [7, 11) is 0. The summed E-state index contributed by atoms with van der Waals surface area (Å²) < 4.78 is 11.0. The molecule has 0 aliphatic heterocycles. The van der Waals surface area contributed by atoms with Crippen LogP contribution in [0.25, 0.3) is 0 Å². The van der Waals surface area contributed by atoms with Crippen molar-refractivity contribution in [1.82, 2.24) is 0 Å². The molecule has 0 fully saturated rings. The molecule has 1 aromatic rings. The largest absolute Gasteiger partial charge is 0.465 e. The van der Waals surface area contributed by atoms with Gasteiger partial charge in [-0.05, 0) is 63.3 Å². The molecule has 0 N–H and O–H groups in total. The Morgan fingerprint density at radius 1 is 1.10 bits per heavy atom. The normalized spacial score (nSPS) is 12.5. The molecule has 1 atom stereocenters. The first-order chi connectivity index (χ1) is 13.7. The average Bonchev–Trinajstić information content (AvgIpc) is 2.66. The minimum Gasteiger partial charge on any atom is -0.465 e. The molecule has 4 nitrogen and oxygen atoms in total. The minimum absolute atomic E-state index is 0.147. The van der Waals surface area contributed by atoms with Crippen molar-refractivity contribution in [3.8, 4) is 0 Å². The van der Waals surface area contributed by atoms with Gasteiger partial charge in [0.2, 0.25) is 0 Å². The second-order valence-corrected chi connectivity index (χ2v) is 9.59. The Labute approximate surface area is 181 Å². The number of carbonyl (C=O) groups is 2. The fourth-order valence-electron chi connectivity index (χ4n) is 2.84. The van der Waals surface area contributed by atoms with Crippen LogP contribution >= 0.6 is 11.8 Å². The molecule has 1 aromatic carbocycles. The molecule has 0 radical (unpaired) electrons. The maximum atomic E-state index is 12.4. The first-order valence-corrected chi connectivity index (χ1v) is 11.8. The predicted molar refractivity (Wildman–Crippen MR) is 121 cm³/mol. The number of ether oxygens (including phenoxy) is 2. The van der Waals surface area contributed by atoms with Crippen LogP contribution in [0.1, 0.15) is 89.6 Å². The van der Waals surface area contributed by atoms with E-state index in [1.807, 2.05) is 32.9 Å². The van der Waals surface area contributed by atoms with Crippen molar-refractivity contribution in [2.45, 2.75) is 90.6 Å². The van der Waals surface area contributed by atoms with E-state index < -0.39 is 5.60 Å². The van der Waals surface area contributed by atoms with Gasteiger partial charge in [0.05, 0.1) is 18.6 Å². The molecule has 29 heavy (non-hydrogen) atoms. The van der Waals surface area contributed by atoms with Gasteiger partial charge < -0.3 is 9.47 Å². The Bertz CT molecular complexity index is 649. The van der Waals surface area contributed by atoms with E-state index in [-0.39, 0.29) is 11.9 Å². The Hall–Kier alpha value is -1.49. The summed E-state index contributed by atoms with van der Waals surface area (Å²) in [6, 6.07) is 5.80. The molecule has 1 rings (SSSR count). The zero-order chi connectivity index (χ0) is 21.9. The highest BCUT2D eigenvalue weighted by molar-refractivity contribution is 7.99. The standard InChI is InChI=1S/C24H38O4S/c1-7-10-11-18(8-2)17-27-22(25)12-13-29-21-15-19(9-3)14-20(16-21)23(26)28-24(4,5)6/h14-16,18H,7-13,17H2,1-6H3. The lowest BCUT2D eigenvalue weighted by molar-refractivity contribution is -0.144. The molecule has 0 heterocycles. The quantitative estimate of drug-likeness (QED) is 0.286. The molecule has 0 spiro atoms. The maximum Gasteiger partial charge on any atom is 0.338 e. The molecule has 5 heteroatoms. The molecule has 0 aromatic heterocycles. The highest BCUT2D eigenvalue weighted by Gasteiger charge is 2.19. The number of unbranched alkanes of at least 4 members (excludes halogenated alkanes) is 1. The Balaban J connectivity index is 2.57. The molecule has 164 valence electrons. The van der Waals surface area contributed by atoms with Crippen LogP contribution in [0.5, 0.6) is 0 Å². The van der Waals surface area contributed by atoms with E-state index in [0.717, 1.165) is 29.7 Å². The summed E-state index contributed by atoms with van der Waals surface area (Å²) in [4.78, 5) is 25.5. The third-order valence-corrected chi connectivity index (χ3v) is 5.58. The van der Waals surface area contributed by atoms with Gasteiger partial charge in [-0.3, -0.25) is 4.79 Å². The number of hydrogen-bond donors (Lipinski definition) is 0. The Morgan fingerprint density at radius 2 is 1.83 bits per heavy atom. The monoisotopic (exact) mass is 422 g/mol. The van der Waals surface area contributed by atoms with Gasteiger partial charge in [-0.25, -0.2) is 4.79 Å². The van der Waals surface area contributed by atoms with Crippen LogP contribution in [-0.2, 0) is 20.7 Å². The lowest BCUT2D eigenvalue weighted by atomic mass is 10.0. The van der Waals surface area contributed by atoms with Gasteiger partial charge in [-0.1, -0.05) is 40.0 Å². The highest BCUT2D eigenvalue weighted by Crippen LogP contribution is 2.24. The van der Waals surface area contributed by atoms with Crippen LogP contribution in [0.4, 0.5) is 0 Å². The fraction of sp³-hybridized carbons (Fsp3) is 0.667. The predicted octanol–water partition coefficient (Wildman–Crippen LogP) is 6.45. The summed E-state index contributed by atoms with van der Waals surface area (Å²) in [5.74, 6) is 0.633. The zero-order valence-corrected chi connectivity index (χ0v) is 19.8. The third kappa shape index (κ3) is 10.7. The van der Waals surface area contributed by atoms with Crippen LogP contribution < -0.4 is 0 Å². The Kier molecular flexibility index (Phi) is 11.4. The van der Waals surface area contributed by atoms with E-state index in [1.54, 1.807) is 11.8 Å². The summed E-state index contributed by atoms with van der Waals surface area (Å²) in [5.41, 5.74) is 1.12. The molecule has 0 saturated heterocycles. The van der Waals surface area contributed by atoms with E-state index in [9.17, 15) is 9.59 Å². The van der Waals surface area contributed by atoms with Crippen molar-refractivity contribution in [1.29, 1.82) is 0 Å². The molecule has 0 amide bonds. The lowest BCUT2D eigenvalue weighted by Crippen LogP contribution is -2.24. The molecular formula is C24H38O4S. The van der Waals surface area contributed by atoms with Crippen molar-refractivity contribution >= 4 is 23.7 Å². The Morgan fingerprint density at radius 3 is 2.41 bits per heavy atom. The lowest BCUT2D eigenvalue weighted by Gasteiger charge is -2.20. The smallest absolute Gasteiger partial charge is 0.338 e. The van der Waals surface area contributed by atoms with Crippen molar-refractivity contribution in [3.05, 3.63) is 29.3 Å². The van der Waals surface area contributed by atoms with E-state index in [4.69, 9.17) is 9.47 Å². The van der Waals surface area contributed by atoms with E-state index in [2.05, 4.69) is 26.8 Å². The molecule has 0 saturated carbocycles. The van der Waals surface area contributed by atoms with Gasteiger partial charge in [0.1, 0.15) is 5.60 Å². The summed E-state index contributed by atoms with van der Waals surface area (Å²) in [5, 5.41) is 0. The van der Waals surface area contributed by atoms with Crippen LogP contribution in [0.2, 0.25) is 0 Å². The van der Waals surface area contributed by atoms with Crippen LogP contribution in [0.3, 0.4) is 0 Å². The minimum atomic E-state index is -0.524. The second-order valence-electron chi connectivity index (χ2n) is 8.42. The molecule has 0 bridgehead atoms. The average molecular weight is 423 g/mol. The van der Waals surface area contributed by atoms with Gasteiger partial charge in [-0.2, -0.15) is 0 Å². The van der Waals surface area contributed by atoms with Crippen molar-refractivity contribution in [3.63, 3.8) is 0 Å². The van der Waals surface area contributed by atoms with Gasteiger partial charge >= 0.3 is 11.9 Å². The maximum absolute atomic E-state index is 12.4. The van der Waals surface area contributed by atoms with E-state index >= 15 is 0 Å². The van der Waals surface area contributed by atoms with Gasteiger partial charge in [0.25, 0.3) is 0 Å². The van der Waals surface area contributed by atoms with Crippen LogP contribution in [0, 0.1) is 5.92 Å². The highest BCUT2D eigenvalue weighted by atomic mass is 32.2. The summed E-state index contributed by atoms with van der Waals surface area (Å²) >= 11 is 1.57. The first kappa shape index (κ1) is 25.5. The first-order valence-electron chi connectivity index (χ1n) is 10.8. The van der Waals surface area contributed by atoms with Crippen molar-refractivity contribution in [2.24, 2.45) is 5.92 Å². The summed E-state index contributed by atoms with van der Waals surface area (Å²) in [6.07, 6.45) is 5.71. The van der Waals surface area contributed by atoms with Crippen molar-refractivity contribution < 1.29 is 19.1 Å². The van der Waals surface area contributed by atoms with Crippen LogP contribution in [0.15, 0.2) is 23.1 Å². The van der Waals surface area contributed by atoms with Crippen molar-refractivity contribution in [2.75, 3.05) is 12.4 Å². The number of hydrogen-bond acceptors (Lipinski definition) is 5. The van der Waals surface area contributed by atoms with Gasteiger partial charge in [-0.15, -0.1) is 11.8 Å². The fourth-order valence-corrected chi connectivity index (χ4v) is 3.79.